The van der Waals surface area contributed by atoms with Gasteiger partial charge in [-0.1, -0.05) is 13.8 Å². The number of rotatable bonds is 2. The van der Waals surface area contributed by atoms with Crippen LogP contribution in [-0.2, 0) is 9.53 Å². The first-order valence-electron chi connectivity index (χ1n) is 6.46. The molecule has 0 radical (unpaired) electrons. The van der Waals surface area contributed by atoms with Gasteiger partial charge in [0.1, 0.15) is 6.10 Å². The van der Waals surface area contributed by atoms with Gasteiger partial charge in [0.05, 0.1) is 5.54 Å². The normalized spacial score (nSPS) is 38.2. The molecule has 1 saturated heterocycles. The maximum absolute atomic E-state index is 12.1. The van der Waals surface area contributed by atoms with Gasteiger partial charge in [-0.15, -0.1) is 0 Å². The second-order valence-electron chi connectivity index (χ2n) is 6.21. The number of fused-ring (bicyclic) bond motifs is 1. The summed E-state index contributed by atoms with van der Waals surface area (Å²) in [6, 6.07) is 0. The summed E-state index contributed by atoms with van der Waals surface area (Å²) in [5.41, 5.74) is -0.919. The smallest absolute Gasteiger partial charge is 0.417 e. The van der Waals surface area contributed by atoms with E-state index in [0.29, 0.717) is 12.3 Å². The van der Waals surface area contributed by atoms with Crippen LogP contribution >= 0.6 is 0 Å². The number of ether oxygens (including phenoxy) is 1. The summed E-state index contributed by atoms with van der Waals surface area (Å²) in [6.45, 7) is 3.20. The van der Waals surface area contributed by atoms with Crippen LogP contribution in [0.15, 0.2) is 0 Å². The highest BCUT2D eigenvalue weighted by Gasteiger charge is 2.74. The number of amides is 2. The van der Waals surface area contributed by atoms with E-state index in [1.54, 1.807) is 0 Å². The van der Waals surface area contributed by atoms with E-state index in [2.05, 4.69) is 0 Å². The zero-order chi connectivity index (χ0) is 14.0. The van der Waals surface area contributed by atoms with E-state index in [4.69, 9.17) is 4.74 Å². The van der Waals surface area contributed by atoms with Crippen molar-refractivity contribution in [2.45, 2.75) is 44.8 Å². The molecule has 3 aliphatic rings. The molecule has 2 amide bonds. The second-order valence-corrected chi connectivity index (χ2v) is 6.21. The number of hydrogen-bond acceptors (Lipinski definition) is 5. The van der Waals surface area contributed by atoms with Crippen LogP contribution < -0.4 is 0 Å². The molecule has 7 nitrogen and oxygen atoms in total. The Labute approximate surface area is 110 Å². The Kier molecular flexibility index (Phi) is 2.25. The van der Waals surface area contributed by atoms with Crippen molar-refractivity contribution in [3.63, 3.8) is 0 Å². The molecular weight excluding hydrogens is 252 g/mol. The molecular formula is C12H16N2O5. The van der Waals surface area contributed by atoms with Gasteiger partial charge in [-0.3, -0.25) is 14.9 Å². The molecule has 2 aliphatic carbocycles. The molecule has 1 heterocycles. The number of hydrogen-bond donors (Lipinski definition) is 0. The molecule has 1 aliphatic heterocycles. The highest BCUT2D eigenvalue weighted by atomic mass is 16.6. The molecule has 3 fully saturated rings. The van der Waals surface area contributed by atoms with Gasteiger partial charge in [0.25, 0.3) is 6.54 Å². The molecule has 0 unspecified atom stereocenters. The summed E-state index contributed by atoms with van der Waals surface area (Å²) in [6.07, 6.45) is 1.35. The average Bonchev–Trinajstić information content (AvgIpc) is 2.78. The first kappa shape index (κ1) is 12.4. The number of nitro groups is 1. The van der Waals surface area contributed by atoms with Gasteiger partial charge in [0.2, 0.25) is 0 Å². The first-order valence-corrected chi connectivity index (χ1v) is 6.46. The molecule has 3 rings (SSSR count). The first-order chi connectivity index (χ1) is 8.80. The Morgan fingerprint density at radius 2 is 2.26 bits per heavy atom. The molecule has 0 aromatic carbocycles. The number of imide groups is 1. The highest BCUT2D eigenvalue weighted by Crippen LogP contribution is 2.65. The SMILES string of the molecule is CC1(C)[C@@H]2CC[C@@]13[C@@H](C2)OC(=O)N3C(=O)C[N+](=O)[O-]. The lowest BCUT2D eigenvalue weighted by Crippen LogP contribution is -2.58. The fraction of sp³-hybridized carbons (Fsp3) is 0.833. The largest absolute Gasteiger partial charge is 0.443 e. The second kappa shape index (κ2) is 3.46. The molecule has 7 heteroatoms. The predicted molar refractivity (Wildman–Crippen MR) is 62.8 cm³/mol. The predicted octanol–water partition coefficient (Wildman–Crippen LogP) is 1.19. The van der Waals surface area contributed by atoms with E-state index in [-0.39, 0.29) is 11.5 Å². The summed E-state index contributed by atoms with van der Waals surface area (Å²) in [4.78, 5) is 34.9. The van der Waals surface area contributed by atoms with E-state index < -0.39 is 29.0 Å². The standard InChI is InChI=1S/C12H16N2O5/c1-11(2)7-3-4-12(11)8(5-7)19-10(16)14(12)9(15)6-13(17)18/h7-8H,3-6H2,1-2H3/t7-,8-,12-/m1/s1. The summed E-state index contributed by atoms with van der Waals surface area (Å²) in [7, 11) is 0. The van der Waals surface area contributed by atoms with Crippen LogP contribution in [0.4, 0.5) is 4.79 Å². The lowest BCUT2D eigenvalue weighted by atomic mass is 9.74. The number of carbonyl (C=O) groups excluding carboxylic acids is 2. The van der Waals surface area contributed by atoms with Crippen LogP contribution in [0.2, 0.25) is 0 Å². The van der Waals surface area contributed by atoms with Crippen molar-refractivity contribution in [3.05, 3.63) is 10.1 Å². The molecule has 0 aromatic heterocycles. The Bertz CT molecular complexity index is 489. The third-order valence-corrected chi connectivity index (χ3v) is 5.38. The van der Waals surface area contributed by atoms with Gasteiger partial charge < -0.3 is 4.74 Å². The maximum atomic E-state index is 12.1. The van der Waals surface area contributed by atoms with Crippen LogP contribution in [0.5, 0.6) is 0 Å². The Balaban J connectivity index is 2.01. The van der Waals surface area contributed by atoms with E-state index in [0.717, 1.165) is 17.7 Å². The Morgan fingerprint density at radius 3 is 2.84 bits per heavy atom. The van der Waals surface area contributed by atoms with E-state index >= 15 is 0 Å². The molecule has 0 N–H and O–H groups in total. The van der Waals surface area contributed by atoms with Crippen LogP contribution in [-0.4, -0.2) is 40.0 Å². The van der Waals surface area contributed by atoms with Gasteiger partial charge in [0.15, 0.2) is 0 Å². The van der Waals surface area contributed by atoms with Gasteiger partial charge >= 0.3 is 12.0 Å². The summed E-state index contributed by atoms with van der Waals surface area (Å²) < 4.78 is 5.30. The number of carbonyl (C=O) groups is 2. The fourth-order valence-corrected chi connectivity index (χ4v) is 4.40. The lowest BCUT2D eigenvalue weighted by Gasteiger charge is -2.40. The van der Waals surface area contributed by atoms with Gasteiger partial charge in [-0.2, -0.15) is 0 Å². The molecule has 2 bridgehead atoms. The Morgan fingerprint density at radius 1 is 1.58 bits per heavy atom. The van der Waals surface area contributed by atoms with Crippen molar-refractivity contribution in [1.29, 1.82) is 0 Å². The third kappa shape index (κ3) is 1.27. The Hall–Kier alpha value is -1.66. The van der Waals surface area contributed by atoms with Crippen molar-refractivity contribution in [2.75, 3.05) is 6.54 Å². The highest BCUT2D eigenvalue weighted by molar-refractivity contribution is 5.95. The zero-order valence-electron chi connectivity index (χ0n) is 10.9. The topological polar surface area (TPSA) is 89.8 Å². The number of nitrogens with zero attached hydrogens (tertiary/aromatic N) is 2. The van der Waals surface area contributed by atoms with Crippen LogP contribution in [0.25, 0.3) is 0 Å². The minimum atomic E-state index is -0.857. The van der Waals surface area contributed by atoms with Crippen LogP contribution in [0.3, 0.4) is 0 Å². The molecule has 0 aromatic rings. The molecule has 3 atom stereocenters. The average molecular weight is 268 g/mol. The molecule has 1 spiro atoms. The van der Waals surface area contributed by atoms with E-state index in [9.17, 15) is 19.7 Å². The monoisotopic (exact) mass is 268 g/mol. The van der Waals surface area contributed by atoms with Crippen LogP contribution in [0.1, 0.15) is 33.1 Å². The summed E-state index contributed by atoms with van der Waals surface area (Å²) >= 11 is 0. The molecule has 104 valence electrons. The van der Waals surface area contributed by atoms with E-state index in [1.807, 2.05) is 13.8 Å². The third-order valence-electron chi connectivity index (χ3n) is 5.38. The van der Waals surface area contributed by atoms with Gasteiger partial charge in [-0.25, -0.2) is 9.69 Å². The van der Waals surface area contributed by atoms with E-state index in [1.165, 1.54) is 0 Å². The fourth-order valence-electron chi connectivity index (χ4n) is 4.40. The van der Waals surface area contributed by atoms with Crippen molar-refractivity contribution >= 4 is 12.0 Å². The zero-order valence-corrected chi connectivity index (χ0v) is 10.9. The van der Waals surface area contributed by atoms with Crippen molar-refractivity contribution in [3.8, 4) is 0 Å². The quantitative estimate of drug-likeness (QED) is 0.554. The van der Waals surface area contributed by atoms with Gasteiger partial charge in [0, 0.05) is 4.92 Å². The van der Waals surface area contributed by atoms with Crippen molar-refractivity contribution in [2.24, 2.45) is 11.3 Å². The summed E-state index contributed by atoms with van der Waals surface area (Å²) in [5.74, 6) is -0.357. The van der Waals surface area contributed by atoms with Crippen molar-refractivity contribution in [1.82, 2.24) is 4.90 Å². The molecule has 19 heavy (non-hydrogen) atoms. The van der Waals surface area contributed by atoms with Gasteiger partial charge in [-0.05, 0) is 30.6 Å². The van der Waals surface area contributed by atoms with Crippen LogP contribution in [0, 0.1) is 21.4 Å². The minimum absolute atomic E-state index is 0.240. The molecule has 2 saturated carbocycles. The van der Waals surface area contributed by atoms with Crippen molar-refractivity contribution < 1.29 is 19.2 Å². The minimum Gasteiger partial charge on any atom is -0.443 e. The lowest BCUT2D eigenvalue weighted by molar-refractivity contribution is -0.468. The summed E-state index contributed by atoms with van der Waals surface area (Å²) in [5, 5.41) is 10.5. The maximum Gasteiger partial charge on any atom is 0.417 e.